The molecule has 5 heteroatoms. The number of halogens is 3. The molecule has 0 fully saturated rings. The number of fused-ring (bicyclic) bond motifs is 1. The Kier molecular flexibility index (Phi) is 3.12. The van der Waals surface area contributed by atoms with Gasteiger partial charge in [-0.05, 0) is 43.3 Å². The van der Waals surface area contributed by atoms with Crippen molar-refractivity contribution in [3.63, 3.8) is 0 Å². The van der Waals surface area contributed by atoms with Crippen LogP contribution in [-0.2, 0) is 6.18 Å². The van der Waals surface area contributed by atoms with Crippen molar-refractivity contribution in [3.8, 4) is 11.3 Å². The Labute approximate surface area is 119 Å². The molecular formula is C16H11F3N2. The molecule has 2 aromatic heterocycles. The first-order valence-electron chi connectivity index (χ1n) is 6.35. The Morgan fingerprint density at radius 2 is 1.48 bits per heavy atom. The fourth-order valence-corrected chi connectivity index (χ4v) is 2.08. The Bertz CT molecular complexity index is 793. The Hall–Kier alpha value is -2.43. The molecule has 0 radical (unpaired) electrons. The van der Waals surface area contributed by atoms with E-state index in [2.05, 4.69) is 9.97 Å². The molecule has 0 amide bonds. The number of benzene rings is 1. The van der Waals surface area contributed by atoms with Crippen molar-refractivity contribution in [1.29, 1.82) is 0 Å². The van der Waals surface area contributed by atoms with Crippen molar-refractivity contribution in [2.24, 2.45) is 0 Å². The van der Waals surface area contributed by atoms with Crippen LogP contribution in [0.2, 0.25) is 0 Å². The first-order chi connectivity index (χ1) is 9.93. The van der Waals surface area contributed by atoms with E-state index in [0.717, 1.165) is 23.2 Å². The van der Waals surface area contributed by atoms with Crippen LogP contribution in [0.15, 0.2) is 48.5 Å². The highest BCUT2D eigenvalue weighted by atomic mass is 19.4. The van der Waals surface area contributed by atoms with Gasteiger partial charge in [0.25, 0.3) is 0 Å². The van der Waals surface area contributed by atoms with Crippen LogP contribution in [0.25, 0.3) is 22.3 Å². The van der Waals surface area contributed by atoms with Gasteiger partial charge in [-0.1, -0.05) is 12.1 Å². The molecule has 3 aromatic rings. The molecule has 0 bridgehead atoms. The Morgan fingerprint density at radius 3 is 2.14 bits per heavy atom. The molecule has 2 nitrogen and oxygen atoms in total. The maximum absolute atomic E-state index is 12.5. The van der Waals surface area contributed by atoms with E-state index in [-0.39, 0.29) is 0 Å². The van der Waals surface area contributed by atoms with Crippen LogP contribution >= 0.6 is 0 Å². The van der Waals surface area contributed by atoms with E-state index >= 15 is 0 Å². The standard InChI is InChI=1S/C16H11F3N2/c1-10-2-3-12-6-9-14(21-15(12)20-10)11-4-7-13(8-5-11)16(17,18)19/h2-9H,1H3. The SMILES string of the molecule is Cc1ccc2ccc(-c3ccc(C(F)(F)F)cc3)nc2n1. The lowest BCUT2D eigenvalue weighted by Crippen LogP contribution is -2.04. The fraction of sp³-hybridized carbons (Fsp3) is 0.125. The molecular weight excluding hydrogens is 277 g/mol. The van der Waals surface area contributed by atoms with Gasteiger partial charge in [0.2, 0.25) is 0 Å². The van der Waals surface area contributed by atoms with E-state index in [4.69, 9.17) is 0 Å². The molecule has 0 aliphatic rings. The minimum Gasteiger partial charge on any atom is -0.233 e. The van der Waals surface area contributed by atoms with Gasteiger partial charge in [0.1, 0.15) is 0 Å². The highest BCUT2D eigenvalue weighted by Gasteiger charge is 2.29. The first kappa shape index (κ1) is 13.5. The summed E-state index contributed by atoms with van der Waals surface area (Å²) in [6.07, 6.45) is -4.33. The average molecular weight is 288 g/mol. The van der Waals surface area contributed by atoms with Crippen LogP contribution in [0.5, 0.6) is 0 Å². The smallest absolute Gasteiger partial charge is 0.233 e. The molecule has 0 unspecified atom stereocenters. The Morgan fingerprint density at radius 1 is 0.810 bits per heavy atom. The van der Waals surface area contributed by atoms with E-state index in [0.29, 0.717) is 16.9 Å². The molecule has 1 aromatic carbocycles. The summed E-state index contributed by atoms with van der Waals surface area (Å²) in [5.41, 5.74) is 2.01. The normalized spacial score (nSPS) is 11.8. The van der Waals surface area contributed by atoms with Crippen molar-refractivity contribution in [2.45, 2.75) is 13.1 Å². The number of hydrogen-bond donors (Lipinski definition) is 0. The summed E-state index contributed by atoms with van der Waals surface area (Å²) in [6.45, 7) is 1.87. The number of pyridine rings is 2. The molecule has 0 saturated carbocycles. The summed E-state index contributed by atoms with van der Waals surface area (Å²) in [5, 5.41) is 0.899. The monoisotopic (exact) mass is 288 g/mol. The maximum Gasteiger partial charge on any atom is 0.416 e. The molecule has 0 aliphatic heterocycles. The van der Waals surface area contributed by atoms with Crippen molar-refractivity contribution < 1.29 is 13.2 Å². The highest BCUT2D eigenvalue weighted by Crippen LogP contribution is 2.30. The van der Waals surface area contributed by atoms with Crippen molar-refractivity contribution >= 4 is 11.0 Å². The number of rotatable bonds is 1. The van der Waals surface area contributed by atoms with Crippen LogP contribution in [-0.4, -0.2) is 9.97 Å². The van der Waals surface area contributed by atoms with Crippen molar-refractivity contribution in [2.75, 3.05) is 0 Å². The van der Waals surface area contributed by atoms with Gasteiger partial charge in [0, 0.05) is 16.6 Å². The summed E-state index contributed by atoms with van der Waals surface area (Å²) in [5.74, 6) is 0. The van der Waals surface area contributed by atoms with Crippen LogP contribution in [0.3, 0.4) is 0 Å². The summed E-state index contributed by atoms with van der Waals surface area (Å²) in [6, 6.07) is 12.4. The fourth-order valence-electron chi connectivity index (χ4n) is 2.08. The highest BCUT2D eigenvalue weighted by molar-refractivity contribution is 5.78. The van der Waals surface area contributed by atoms with Gasteiger partial charge in [-0.15, -0.1) is 0 Å². The lowest BCUT2D eigenvalue weighted by molar-refractivity contribution is -0.137. The predicted octanol–water partition coefficient (Wildman–Crippen LogP) is 4.62. The van der Waals surface area contributed by atoms with Gasteiger partial charge in [-0.2, -0.15) is 13.2 Å². The van der Waals surface area contributed by atoms with E-state index in [1.54, 1.807) is 6.07 Å². The van der Waals surface area contributed by atoms with Gasteiger partial charge in [-0.25, -0.2) is 9.97 Å². The van der Waals surface area contributed by atoms with Gasteiger partial charge in [-0.3, -0.25) is 0 Å². The summed E-state index contributed by atoms with van der Waals surface area (Å²) in [4.78, 5) is 8.73. The average Bonchev–Trinajstić information content (AvgIpc) is 2.45. The molecule has 3 rings (SSSR count). The van der Waals surface area contributed by atoms with Crippen molar-refractivity contribution in [1.82, 2.24) is 9.97 Å². The second-order valence-electron chi connectivity index (χ2n) is 4.77. The first-order valence-corrected chi connectivity index (χ1v) is 6.35. The van der Waals surface area contributed by atoms with Gasteiger partial charge < -0.3 is 0 Å². The topological polar surface area (TPSA) is 25.8 Å². The minimum atomic E-state index is -4.33. The molecule has 0 aliphatic carbocycles. The quantitative estimate of drug-likeness (QED) is 0.652. The zero-order valence-electron chi connectivity index (χ0n) is 11.1. The third-order valence-corrected chi connectivity index (χ3v) is 3.20. The zero-order chi connectivity index (χ0) is 15.0. The van der Waals surface area contributed by atoms with Crippen molar-refractivity contribution in [3.05, 3.63) is 59.8 Å². The summed E-state index contributed by atoms with van der Waals surface area (Å²) < 4.78 is 37.6. The predicted molar refractivity (Wildman–Crippen MR) is 74.7 cm³/mol. The van der Waals surface area contributed by atoms with Crippen LogP contribution < -0.4 is 0 Å². The number of aromatic nitrogens is 2. The lowest BCUT2D eigenvalue weighted by atomic mass is 10.1. The molecule has 21 heavy (non-hydrogen) atoms. The van der Waals surface area contributed by atoms with Gasteiger partial charge in [0.15, 0.2) is 5.65 Å². The lowest BCUT2D eigenvalue weighted by Gasteiger charge is -2.08. The van der Waals surface area contributed by atoms with Gasteiger partial charge in [0.05, 0.1) is 11.3 Å². The minimum absolute atomic E-state index is 0.590. The second kappa shape index (κ2) is 4.84. The van der Waals surface area contributed by atoms with Crippen LogP contribution in [0, 0.1) is 6.92 Å². The Balaban J connectivity index is 2.04. The number of hydrogen-bond acceptors (Lipinski definition) is 2. The summed E-state index contributed by atoms with van der Waals surface area (Å²) >= 11 is 0. The summed E-state index contributed by atoms with van der Waals surface area (Å²) in [7, 11) is 0. The van der Waals surface area contributed by atoms with Gasteiger partial charge >= 0.3 is 6.18 Å². The maximum atomic E-state index is 12.5. The van der Waals surface area contributed by atoms with E-state index < -0.39 is 11.7 Å². The zero-order valence-corrected chi connectivity index (χ0v) is 11.1. The molecule has 0 saturated heterocycles. The van der Waals surface area contributed by atoms with E-state index in [9.17, 15) is 13.2 Å². The third kappa shape index (κ3) is 2.72. The largest absolute Gasteiger partial charge is 0.416 e. The van der Waals surface area contributed by atoms with Crippen LogP contribution in [0.4, 0.5) is 13.2 Å². The third-order valence-electron chi connectivity index (χ3n) is 3.20. The number of alkyl halides is 3. The molecule has 106 valence electrons. The number of nitrogens with zero attached hydrogens (tertiary/aromatic N) is 2. The number of aryl methyl sites for hydroxylation is 1. The van der Waals surface area contributed by atoms with E-state index in [1.807, 2.05) is 25.1 Å². The molecule has 0 N–H and O–H groups in total. The second-order valence-corrected chi connectivity index (χ2v) is 4.77. The van der Waals surface area contributed by atoms with E-state index in [1.165, 1.54) is 12.1 Å². The molecule has 0 spiro atoms. The van der Waals surface area contributed by atoms with Crippen LogP contribution in [0.1, 0.15) is 11.3 Å². The molecule has 2 heterocycles. The molecule has 0 atom stereocenters.